The molecule has 0 spiro atoms. The van der Waals surface area contributed by atoms with Crippen LogP contribution in [0.25, 0.3) is 10.9 Å². The van der Waals surface area contributed by atoms with Crippen LogP contribution in [0.1, 0.15) is 11.6 Å². The standard InChI is InChI=1S/C16H14N6OS/c17-15-12-5-1-2-6-13(12)19-14(20-15)9-24-16-21-18-10-22(16)8-11-4-3-7-23-11/h1-7,10H,8-9H2,(H2,17,19,20). The van der Waals surface area contributed by atoms with Gasteiger partial charge in [-0.25, -0.2) is 9.97 Å². The number of aromatic nitrogens is 5. The van der Waals surface area contributed by atoms with Gasteiger partial charge in [0, 0.05) is 5.39 Å². The maximum Gasteiger partial charge on any atom is 0.191 e. The van der Waals surface area contributed by atoms with E-state index in [-0.39, 0.29) is 0 Å². The zero-order valence-corrected chi connectivity index (χ0v) is 13.5. The number of nitrogen functional groups attached to an aromatic ring is 1. The van der Waals surface area contributed by atoms with E-state index < -0.39 is 0 Å². The highest BCUT2D eigenvalue weighted by Crippen LogP contribution is 2.23. The molecule has 0 aliphatic carbocycles. The van der Waals surface area contributed by atoms with Gasteiger partial charge in [0.25, 0.3) is 0 Å². The number of fused-ring (bicyclic) bond motifs is 1. The van der Waals surface area contributed by atoms with Gasteiger partial charge in [-0.05, 0) is 24.3 Å². The van der Waals surface area contributed by atoms with Crippen molar-refractivity contribution in [3.63, 3.8) is 0 Å². The average molecular weight is 338 g/mol. The molecule has 0 atom stereocenters. The van der Waals surface area contributed by atoms with E-state index in [2.05, 4.69) is 20.2 Å². The van der Waals surface area contributed by atoms with Crippen LogP contribution in [0, 0.1) is 0 Å². The third-order valence-electron chi connectivity index (χ3n) is 3.50. The first-order valence-corrected chi connectivity index (χ1v) is 8.32. The fraction of sp³-hybridized carbons (Fsp3) is 0.125. The molecule has 0 fully saturated rings. The molecule has 0 amide bonds. The van der Waals surface area contributed by atoms with Crippen LogP contribution in [0.15, 0.2) is 58.6 Å². The number of nitrogens with two attached hydrogens (primary N) is 1. The number of anilines is 1. The number of hydrogen-bond donors (Lipinski definition) is 1. The third-order valence-corrected chi connectivity index (χ3v) is 4.47. The van der Waals surface area contributed by atoms with Gasteiger partial charge in [0.15, 0.2) is 5.16 Å². The van der Waals surface area contributed by atoms with E-state index in [0.717, 1.165) is 21.8 Å². The van der Waals surface area contributed by atoms with Crippen LogP contribution in [0.4, 0.5) is 5.82 Å². The third kappa shape index (κ3) is 2.95. The Kier molecular flexibility index (Phi) is 3.87. The Morgan fingerprint density at radius 2 is 2.04 bits per heavy atom. The number of nitrogens with zero attached hydrogens (tertiary/aromatic N) is 5. The molecule has 3 heterocycles. The Labute approximate surface area is 141 Å². The zero-order chi connectivity index (χ0) is 16.4. The molecular formula is C16H14N6OS. The lowest BCUT2D eigenvalue weighted by Gasteiger charge is -2.06. The van der Waals surface area contributed by atoms with E-state index in [9.17, 15) is 0 Å². The number of thioether (sulfide) groups is 1. The van der Waals surface area contributed by atoms with E-state index in [0.29, 0.717) is 23.9 Å². The number of rotatable bonds is 5. The van der Waals surface area contributed by atoms with Gasteiger partial charge in [-0.2, -0.15) is 0 Å². The maximum absolute atomic E-state index is 6.02. The lowest BCUT2D eigenvalue weighted by Crippen LogP contribution is -2.02. The predicted octanol–water partition coefficient (Wildman–Crippen LogP) is 2.74. The van der Waals surface area contributed by atoms with Crippen LogP contribution in [0.3, 0.4) is 0 Å². The highest BCUT2D eigenvalue weighted by atomic mass is 32.2. The second kappa shape index (κ2) is 6.32. The summed E-state index contributed by atoms with van der Waals surface area (Å²) in [6.07, 6.45) is 3.33. The molecule has 3 aromatic heterocycles. The van der Waals surface area contributed by atoms with Crippen molar-refractivity contribution in [3.8, 4) is 0 Å². The zero-order valence-electron chi connectivity index (χ0n) is 12.7. The number of benzene rings is 1. The molecule has 2 N–H and O–H groups in total. The minimum absolute atomic E-state index is 0.494. The van der Waals surface area contributed by atoms with Crippen LogP contribution in [0.2, 0.25) is 0 Å². The molecule has 0 saturated heterocycles. The van der Waals surface area contributed by atoms with Crippen molar-refractivity contribution in [1.29, 1.82) is 0 Å². The Bertz CT molecular complexity index is 966. The first-order valence-electron chi connectivity index (χ1n) is 7.34. The van der Waals surface area contributed by atoms with Crippen LogP contribution in [-0.4, -0.2) is 24.7 Å². The summed E-state index contributed by atoms with van der Waals surface area (Å²) in [5.41, 5.74) is 6.87. The molecule has 0 unspecified atom stereocenters. The lowest BCUT2D eigenvalue weighted by molar-refractivity contribution is 0.484. The van der Waals surface area contributed by atoms with E-state index in [1.807, 2.05) is 41.0 Å². The van der Waals surface area contributed by atoms with Gasteiger partial charge in [0.05, 0.1) is 24.1 Å². The van der Waals surface area contributed by atoms with Crippen molar-refractivity contribution in [2.75, 3.05) is 5.73 Å². The molecule has 24 heavy (non-hydrogen) atoms. The van der Waals surface area contributed by atoms with Crippen molar-refractivity contribution in [2.45, 2.75) is 17.5 Å². The summed E-state index contributed by atoms with van der Waals surface area (Å²) in [4.78, 5) is 8.93. The molecule has 8 heteroatoms. The molecule has 0 radical (unpaired) electrons. The molecule has 4 rings (SSSR count). The largest absolute Gasteiger partial charge is 0.467 e. The second-order valence-electron chi connectivity index (χ2n) is 5.15. The topological polar surface area (TPSA) is 95.7 Å². The first-order chi connectivity index (χ1) is 11.8. The fourth-order valence-corrected chi connectivity index (χ4v) is 3.15. The van der Waals surface area contributed by atoms with Gasteiger partial charge in [-0.1, -0.05) is 23.9 Å². The lowest BCUT2D eigenvalue weighted by atomic mass is 10.2. The molecule has 1 aromatic carbocycles. The molecule has 0 aliphatic rings. The van der Waals surface area contributed by atoms with Gasteiger partial charge in [0.1, 0.15) is 23.7 Å². The van der Waals surface area contributed by atoms with Gasteiger partial charge < -0.3 is 14.7 Å². The molecule has 4 aromatic rings. The average Bonchev–Trinajstić information content (AvgIpc) is 3.25. The summed E-state index contributed by atoms with van der Waals surface area (Å²) >= 11 is 1.51. The number of hydrogen-bond acceptors (Lipinski definition) is 7. The highest BCUT2D eigenvalue weighted by molar-refractivity contribution is 7.98. The smallest absolute Gasteiger partial charge is 0.191 e. The van der Waals surface area contributed by atoms with Crippen molar-refractivity contribution in [1.82, 2.24) is 24.7 Å². The minimum atomic E-state index is 0.494. The van der Waals surface area contributed by atoms with E-state index in [4.69, 9.17) is 10.2 Å². The Balaban J connectivity index is 1.52. The van der Waals surface area contributed by atoms with Gasteiger partial charge in [-0.15, -0.1) is 10.2 Å². The molecule has 7 nitrogen and oxygen atoms in total. The summed E-state index contributed by atoms with van der Waals surface area (Å²) in [7, 11) is 0. The van der Waals surface area contributed by atoms with Gasteiger partial charge in [0.2, 0.25) is 0 Å². The van der Waals surface area contributed by atoms with Crippen LogP contribution in [-0.2, 0) is 12.3 Å². The quantitative estimate of drug-likeness (QED) is 0.559. The maximum atomic E-state index is 6.02. The summed E-state index contributed by atoms with van der Waals surface area (Å²) in [6, 6.07) is 11.5. The van der Waals surface area contributed by atoms with Crippen molar-refractivity contribution in [3.05, 3.63) is 60.6 Å². The molecular weight excluding hydrogens is 324 g/mol. The minimum Gasteiger partial charge on any atom is -0.467 e. The van der Waals surface area contributed by atoms with Crippen LogP contribution < -0.4 is 5.73 Å². The summed E-state index contributed by atoms with van der Waals surface area (Å²) in [6.45, 7) is 0.586. The molecule has 0 bridgehead atoms. The van der Waals surface area contributed by atoms with Crippen molar-refractivity contribution >= 4 is 28.5 Å². The van der Waals surface area contributed by atoms with Crippen molar-refractivity contribution in [2.24, 2.45) is 0 Å². The highest BCUT2D eigenvalue weighted by Gasteiger charge is 2.10. The van der Waals surface area contributed by atoms with E-state index >= 15 is 0 Å². The Morgan fingerprint density at radius 1 is 1.12 bits per heavy atom. The summed E-state index contributed by atoms with van der Waals surface area (Å²) in [5.74, 6) is 2.58. The van der Waals surface area contributed by atoms with Gasteiger partial charge in [-0.3, -0.25) is 0 Å². The van der Waals surface area contributed by atoms with E-state index in [1.54, 1.807) is 12.6 Å². The van der Waals surface area contributed by atoms with E-state index in [1.165, 1.54) is 11.8 Å². The Morgan fingerprint density at radius 3 is 2.92 bits per heavy atom. The van der Waals surface area contributed by atoms with Crippen molar-refractivity contribution < 1.29 is 4.42 Å². The van der Waals surface area contributed by atoms with Crippen LogP contribution in [0.5, 0.6) is 0 Å². The molecule has 0 saturated carbocycles. The second-order valence-corrected chi connectivity index (χ2v) is 6.09. The molecule has 120 valence electrons. The number of para-hydroxylation sites is 1. The Hall–Kier alpha value is -2.87. The number of furan rings is 1. The normalized spacial score (nSPS) is 11.2. The first kappa shape index (κ1) is 14.7. The summed E-state index contributed by atoms with van der Waals surface area (Å²) in [5, 5.41) is 9.76. The van der Waals surface area contributed by atoms with Gasteiger partial charge >= 0.3 is 0 Å². The predicted molar refractivity (Wildman–Crippen MR) is 91.3 cm³/mol. The fourth-order valence-electron chi connectivity index (χ4n) is 2.38. The SMILES string of the molecule is Nc1nc(CSc2nncn2Cc2ccco2)nc2ccccc12. The monoisotopic (exact) mass is 338 g/mol. The molecule has 0 aliphatic heterocycles. The summed E-state index contributed by atoms with van der Waals surface area (Å²) < 4.78 is 7.29. The van der Waals surface area contributed by atoms with Crippen LogP contribution >= 0.6 is 11.8 Å².